The van der Waals surface area contributed by atoms with Gasteiger partial charge >= 0.3 is 12.1 Å². The number of halogens is 3. The second-order valence-corrected chi connectivity index (χ2v) is 6.34. The van der Waals surface area contributed by atoms with E-state index >= 15 is 0 Å². The number of carbonyl (C=O) groups is 3. The number of imide groups is 1. The molecule has 26 heavy (non-hydrogen) atoms. The monoisotopic (exact) mass is 384 g/mol. The number of alkyl halides is 3. The Hall–Kier alpha value is -2.75. The molecular formula is C16H11F3N2O4S. The molecule has 1 aliphatic rings. The average Bonchev–Trinajstić information content (AvgIpc) is 3.00. The first kappa shape index (κ1) is 18.1. The Labute approximate surface area is 149 Å². The number of hydrogen-bond acceptors (Lipinski definition) is 6. The summed E-state index contributed by atoms with van der Waals surface area (Å²) >= 11 is 1.02. The van der Waals surface area contributed by atoms with Crippen molar-refractivity contribution in [1.82, 2.24) is 4.37 Å². The Kier molecular flexibility index (Phi) is 4.31. The number of fused-ring (bicyclic) bond motifs is 1. The summed E-state index contributed by atoms with van der Waals surface area (Å²) < 4.78 is 48.1. The van der Waals surface area contributed by atoms with E-state index < -0.39 is 35.5 Å². The van der Waals surface area contributed by atoms with Gasteiger partial charge in [-0.1, -0.05) is 0 Å². The number of benzene rings is 1. The van der Waals surface area contributed by atoms with Crippen LogP contribution >= 0.6 is 11.5 Å². The molecule has 0 spiro atoms. The van der Waals surface area contributed by atoms with E-state index in [0.29, 0.717) is 21.1 Å². The van der Waals surface area contributed by atoms with Crippen LogP contribution in [0.25, 0.3) is 10.1 Å². The van der Waals surface area contributed by atoms with Gasteiger partial charge in [-0.25, -0.2) is 9.69 Å². The highest BCUT2D eigenvalue weighted by Gasteiger charge is 2.45. The Morgan fingerprint density at radius 1 is 1.31 bits per heavy atom. The van der Waals surface area contributed by atoms with Crippen LogP contribution in [0.3, 0.4) is 0 Å². The van der Waals surface area contributed by atoms with Crippen LogP contribution in [0.4, 0.5) is 18.9 Å². The molecule has 136 valence electrons. The quantitative estimate of drug-likeness (QED) is 0.588. The van der Waals surface area contributed by atoms with Crippen LogP contribution in [0.15, 0.2) is 29.8 Å². The van der Waals surface area contributed by atoms with Gasteiger partial charge in [-0.15, -0.1) is 0 Å². The van der Waals surface area contributed by atoms with E-state index in [1.165, 1.54) is 25.3 Å². The smallest absolute Gasteiger partial charge is 0.413 e. The Morgan fingerprint density at radius 3 is 2.62 bits per heavy atom. The highest BCUT2D eigenvalue weighted by Crippen LogP contribution is 2.37. The molecule has 1 aliphatic heterocycles. The minimum absolute atomic E-state index is 0.00540. The first-order valence-electron chi connectivity index (χ1n) is 7.29. The molecule has 2 aromatic rings. The molecule has 0 aliphatic carbocycles. The predicted molar refractivity (Wildman–Crippen MR) is 86.8 cm³/mol. The molecule has 2 amide bonds. The van der Waals surface area contributed by atoms with E-state index in [1.807, 2.05) is 0 Å². The third-order valence-electron chi connectivity index (χ3n) is 3.97. The normalized spacial score (nSPS) is 18.3. The van der Waals surface area contributed by atoms with Crippen LogP contribution in [-0.4, -0.2) is 35.4 Å². The summed E-state index contributed by atoms with van der Waals surface area (Å²) in [5, 5.41) is 0.346. The molecule has 1 unspecified atom stereocenters. The highest BCUT2D eigenvalue weighted by molar-refractivity contribution is 7.13. The van der Waals surface area contributed by atoms with Crippen molar-refractivity contribution < 1.29 is 32.3 Å². The molecule has 0 saturated carbocycles. The van der Waals surface area contributed by atoms with Crippen LogP contribution < -0.4 is 4.90 Å². The third kappa shape index (κ3) is 2.85. The molecule has 0 radical (unpaired) electrons. The summed E-state index contributed by atoms with van der Waals surface area (Å²) in [7, 11) is 1.18. The lowest BCUT2D eigenvalue weighted by Crippen LogP contribution is -2.46. The van der Waals surface area contributed by atoms with Gasteiger partial charge in [0.2, 0.25) is 5.91 Å². The number of methoxy groups -OCH3 is 1. The number of nitrogens with zero attached hydrogens (tertiary/aromatic N) is 2. The van der Waals surface area contributed by atoms with Gasteiger partial charge in [-0.3, -0.25) is 9.59 Å². The van der Waals surface area contributed by atoms with E-state index in [-0.39, 0.29) is 11.4 Å². The van der Waals surface area contributed by atoms with Crippen molar-refractivity contribution in [2.75, 3.05) is 12.0 Å². The number of hydrogen-bond donors (Lipinski definition) is 0. The Balaban J connectivity index is 2.09. The number of carbonyl (C=O) groups excluding carboxylic acids is 3. The Morgan fingerprint density at radius 2 is 2.00 bits per heavy atom. The van der Waals surface area contributed by atoms with Crippen molar-refractivity contribution in [2.45, 2.75) is 13.1 Å². The van der Waals surface area contributed by atoms with Crippen molar-refractivity contribution in [3.8, 4) is 0 Å². The number of rotatable bonds is 2. The van der Waals surface area contributed by atoms with Gasteiger partial charge in [0.05, 0.1) is 29.0 Å². The number of amides is 2. The van der Waals surface area contributed by atoms with Crippen molar-refractivity contribution in [1.29, 1.82) is 0 Å². The molecule has 1 atom stereocenters. The van der Waals surface area contributed by atoms with Crippen molar-refractivity contribution in [2.24, 2.45) is 5.92 Å². The zero-order valence-electron chi connectivity index (χ0n) is 13.5. The number of aromatic nitrogens is 1. The SMILES string of the molecule is COC(=O)c1nsc2ccc(N3C(=O)C=C(C(F)(F)F)C(C)C3=O)cc12. The molecule has 0 N–H and O–H groups in total. The van der Waals surface area contributed by atoms with Gasteiger partial charge < -0.3 is 4.74 Å². The maximum absolute atomic E-state index is 13.0. The summed E-state index contributed by atoms with van der Waals surface area (Å²) in [5.41, 5.74) is -1.12. The molecule has 3 rings (SSSR count). The molecule has 1 aromatic heterocycles. The first-order valence-corrected chi connectivity index (χ1v) is 8.07. The van der Waals surface area contributed by atoms with E-state index in [9.17, 15) is 27.6 Å². The minimum atomic E-state index is -4.77. The standard InChI is InChI=1S/C16H11F3N2O4S/c1-7-10(16(17,18)19)6-12(22)21(14(7)23)8-3-4-11-9(5-8)13(20-26-11)15(24)25-2/h3-7H,1-2H3. The maximum Gasteiger partial charge on any atom is 0.413 e. The van der Waals surface area contributed by atoms with Crippen molar-refractivity contribution in [3.63, 3.8) is 0 Å². The number of esters is 1. The lowest BCUT2D eigenvalue weighted by Gasteiger charge is -2.29. The van der Waals surface area contributed by atoms with Crippen LogP contribution in [0.5, 0.6) is 0 Å². The average molecular weight is 384 g/mol. The van der Waals surface area contributed by atoms with E-state index in [0.717, 1.165) is 18.5 Å². The van der Waals surface area contributed by atoms with Crippen molar-refractivity contribution >= 4 is 45.1 Å². The lowest BCUT2D eigenvalue weighted by molar-refractivity contribution is -0.134. The molecule has 0 saturated heterocycles. The fourth-order valence-electron chi connectivity index (χ4n) is 2.65. The summed E-state index contributed by atoms with van der Waals surface area (Å²) in [6.07, 6.45) is -4.35. The summed E-state index contributed by atoms with van der Waals surface area (Å²) in [4.78, 5) is 37.0. The fraction of sp³-hybridized carbons (Fsp3) is 0.250. The van der Waals surface area contributed by atoms with Crippen LogP contribution in [0.1, 0.15) is 17.4 Å². The van der Waals surface area contributed by atoms with E-state index in [2.05, 4.69) is 9.11 Å². The van der Waals surface area contributed by atoms with E-state index in [4.69, 9.17) is 0 Å². The molecular weight excluding hydrogens is 373 g/mol. The van der Waals surface area contributed by atoms with Gasteiger partial charge in [-0.2, -0.15) is 17.5 Å². The third-order valence-corrected chi connectivity index (χ3v) is 4.80. The van der Waals surface area contributed by atoms with Crippen molar-refractivity contribution in [3.05, 3.63) is 35.5 Å². The van der Waals surface area contributed by atoms with Crippen LogP contribution in [0.2, 0.25) is 0 Å². The van der Waals surface area contributed by atoms with E-state index in [1.54, 1.807) is 0 Å². The largest absolute Gasteiger partial charge is 0.464 e. The van der Waals surface area contributed by atoms with Gasteiger partial charge in [0.15, 0.2) is 5.69 Å². The molecule has 0 fully saturated rings. The molecule has 2 heterocycles. The topological polar surface area (TPSA) is 76.6 Å². The number of anilines is 1. The first-order chi connectivity index (χ1) is 12.1. The summed E-state index contributed by atoms with van der Waals surface area (Å²) in [5.74, 6) is -4.31. The fourth-order valence-corrected chi connectivity index (χ4v) is 3.39. The van der Waals surface area contributed by atoms with Crippen LogP contribution in [0, 0.1) is 5.92 Å². The second kappa shape index (κ2) is 6.20. The molecule has 0 bridgehead atoms. The Bertz CT molecular complexity index is 964. The maximum atomic E-state index is 13.0. The summed E-state index contributed by atoms with van der Waals surface area (Å²) in [6.45, 7) is 1.09. The zero-order valence-corrected chi connectivity index (χ0v) is 14.3. The van der Waals surface area contributed by atoms with Crippen LogP contribution in [-0.2, 0) is 14.3 Å². The summed E-state index contributed by atoms with van der Waals surface area (Å²) in [6, 6.07) is 4.31. The second-order valence-electron chi connectivity index (χ2n) is 5.53. The van der Waals surface area contributed by atoms with Gasteiger partial charge in [0.1, 0.15) is 0 Å². The minimum Gasteiger partial charge on any atom is -0.464 e. The molecule has 1 aromatic carbocycles. The lowest BCUT2D eigenvalue weighted by atomic mass is 9.94. The van der Waals surface area contributed by atoms with Gasteiger partial charge in [0, 0.05) is 11.5 Å². The zero-order chi connectivity index (χ0) is 19.2. The van der Waals surface area contributed by atoms with Gasteiger partial charge in [-0.05, 0) is 36.7 Å². The predicted octanol–water partition coefficient (Wildman–Crippen LogP) is 3.08. The molecule has 10 heteroatoms. The highest BCUT2D eigenvalue weighted by atomic mass is 32.1. The van der Waals surface area contributed by atoms with Gasteiger partial charge in [0.25, 0.3) is 5.91 Å². The number of ether oxygens (including phenoxy) is 1. The molecule has 6 nitrogen and oxygen atoms in total.